The Kier molecular flexibility index (Phi) is 8.11. The van der Waals surface area contributed by atoms with E-state index in [1.165, 1.54) is 12.1 Å². The van der Waals surface area contributed by atoms with Crippen LogP contribution in [0, 0.1) is 0 Å². The van der Waals surface area contributed by atoms with E-state index in [0.29, 0.717) is 18.5 Å². The van der Waals surface area contributed by atoms with Crippen LogP contribution in [0.25, 0.3) is 11.1 Å². The normalized spacial score (nSPS) is 12.2. The lowest BCUT2D eigenvalue weighted by atomic mass is 10.0. The fourth-order valence-electron chi connectivity index (χ4n) is 2.43. The van der Waals surface area contributed by atoms with Crippen molar-refractivity contribution in [1.82, 2.24) is 5.32 Å². The first-order valence-corrected chi connectivity index (χ1v) is 8.11. The summed E-state index contributed by atoms with van der Waals surface area (Å²) in [5.74, 6) is -0.186. The molecular weight excluding hydrogens is 365 g/mol. The lowest BCUT2D eigenvalue weighted by Crippen LogP contribution is -2.40. The Morgan fingerprint density at radius 2 is 1.54 bits per heavy atom. The Hall–Kier alpha value is -2.05. The third-order valence-corrected chi connectivity index (χ3v) is 3.90. The molecule has 0 aliphatic heterocycles. The number of carbonyl (C=O) groups excluding carboxylic acids is 1. The van der Waals surface area contributed by atoms with E-state index in [4.69, 9.17) is 5.73 Å². The number of rotatable bonds is 6. The molecule has 26 heavy (non-hydrogen) atoms. The molecule has 2 aromatic rings. The molecule has 0 fully saturated rings. The van der Waals surface area contributed by atoms with Crippen LogP contribution in [0.15, 0.2) is 48.5 Å². The smallest absolute Gasteiger partial charge is 0.351 e. The highest BCUT2D eigenvalue weighted by Crippen LogP contribution is 2.31. The molecule has 0 saturated carbocycles. The van der Waals surface area contributed by atoms with Gasteiger partial charge in [0.2, 0.25) is 5.91 Å². The van der Waals surface area contributed by atoms with Gasteiger partial charge in [0.1, 0.15) is 0 Å². The van der Waals surface area contributed by atoms with Crippen molar-refractivity contribution in [1.29, 1.82) is 0 Å². The van der Waals surface area contributed by atoms with Gasteiger partial charge in [0.25, 0.3) is 0 Å². The third kappa shape index (κ3) is 6.04. The van der Waals surface area contributed by atoms with Gasteiger partial charge in [0, 0.05) is 6.54 Å². The van der Waals surface area contributed by atoms with Crippen LogP contribution in [-0.2, 0) is 17.5 Å². The molecule has 0 aromatic heterocycles. The Labute approximate surface area is 157 Å². The van der Waals surface area contributed by atoms with Crippen LogP contribution >= 0.6 is 12.4 Å². The lowest BCUT2D eigenvalue weighted by molar-refractivity contribution is -0.137. The largest absolute Gasteiger partial charge is 0.416 e. The summed E-state index contributed by atoms with van der Waals surface area (Å²) in [5.41, 5.74) is 7.48. The van der Waals surface area contributed by atoms with E-state index >= 15 is 0 Å². The molecule has 0 aliphatic carbocycles. The second-order valence-electron chi connectivity index (χ2n) is 5.89. The lowest BCUT2D eigenvalue weighted by Gasteiger charge is -2.12. The number of amides is 1. The molecule has 3 nitrogen and oxygen atoms in total. The van der Waals surface area contributed by atoms with E-state index in [1.807, 2.05) is 31.2 Å². The fraction of sp³-hybridized carbons (Fsp3) is 0.316. The molecule has 0 aliphatic rings. The molecule has 3 N–H and O–H groups in total. The van der Waals surface area contributed by atoms with Gasteiger partial charge in [-0.2, -0.15) is 13.2 Å². The van der Waals surface area contributed by atoms with Crippen LogP contribution in [0.1, 0.15) is 30.9 Å². The maximum absolute atomic E-state index is 12.6. The standard InChI is InChI=1S/C19H21F3N2O.ClH/c1-2-3-17(23)18(25)24-12-13-4-6-14(7-5-13)15-8-10-16(11-9-15)19(20,21)22;/h4-11,17H,2-3,12,23H2,1H3,(H,24,25);1H/t17-;/m0./s1. The molecule has 0 heterocycles. The number of halogens is 4. The molecule has 0 unspecified atom stereocenters. The predicted molar refractivity (Wildman–Crippen MR) is 98.9 cm³/mol. The topological polar surface area (TPSA) is 55.1 Å². The second-order valence-corrected chi connectivity index (χ2v) is 5.89. The zero-order valence-electron chi connectivity index (χ0n) is 14.3. The van der Waals surface area contributed by atoms with E-state index in [9.17, 15) is 18.0 Å². The Balaban J connectivity index is 0.00000338. The minimum absolute atomic E-state index is 0. The quantitative estimate of drug-likeness (QED) is 0.765. The van der Waals surface area contributed by atoms with Gasteiger partial charge < -0.3 is 11.1 Å². The van der Waals surface area contributed by atoms with Gasteiger partial charge in [-0.25, -0.2) is 0 Å². The van der Waals surface area contributed by atoms with Crippen molar-refractivity contribution in [2.75, 3.05) is 0 Å². The molecule has 0 saturated heterocycles. The summed E-state index contributed by atoms with van der Waals surface area (Å²) in [7, 11) is 0. The van der Waals surface area contributed by atoms with E-state index < -0.39 is 17.8 Å². The molecule has 7 heteroatoms. The molecule has 2 rings (SSSR count). The highest BCUT2D eigenvalue weighted by atomic mass is 35.5. The second kappa shape index (κ2) is 9.59. The van der Waals surface area contributed by atoms with Crippen molar-refractivity contribution < 1.29 is 18.0 Å². The van der Waals surface area contributed by atoms with E-state index in [2.05, 4.69) is 5.32 Å². The molecular formula is C19H22ClF3N2O. The molecule has 1 atom stereocenters. The monoisotopic (exact) mass is 386 g/mol. The number of hydrogen-bond donors (Lipinski definition) is 2. The van der Waals surface area contributed by atoms with E-state index in [0.717, 1.165) is 29.7 Å². The Morgan fingerprint density at radius 1 is 1.04 bits per heavy atom. The molecule has 0 spiro atoms. The zero-order valence-corrected chi connectivity index (χ0v) is 15.2. The summed E-state index contributed by atoms with van der Waals surface area (Å²) in [4.78, 5) is 11.8. The Morgan fingerprint density at radius 3 is 2.00 bits per heavy atom. The van der Waals surface area contributed by atoms with Gasteiger partial charge in [-0.05, 0) is 35.2 Å². The van der Waals surface area contributed by atoms with Gasteiger partial charge >= 0.3 is 6.18 Å². The summed E-state index contributed by atoms with van der Waals surface area (Å²) >= 11 is 0. The van der Waals surface area contributed by atoms with Gasteiger partial charge in [-0.1, -0.05) is 49.7 Å². The third-order valence-electron chi connectivity index (χ3n) is 3.90. The summed E-state index contributed by atoms with van der Waals surface area (Å²) in [6.07, 6.45) is -2.85. The number of carbonyl (C=O) groups is 1. The first-order valence-electron chi connectivity index (χ1n) is 8.11. The summed E-state index contributed by atoms with van der Waals surface area (Å²) in [6, 6.07) is 11.8. The van der Waals surface area contributed by atoms with Gasteiger partial charge in [-0.3, -0.25) is 4.79 Å². The number of benzene rings is 2. The van der Waals surface area contributed by atoms with E-state index in [1.54, 1.807) is 0 Å². The van der Waals surface area contributed by atoms with Crippen molar-refractivity contribution >= 4 is 18.3 Å². The van der Waals surface area contributed by atoms with Crippen LogP contribution in [0.3, 0.4) is 0 Å². The van der Waals surface area contributed by atoms with Crippen LogP contribution in [0.4, 0.5) is 13.2 Å². The van der Waals surface area contributed by atoms with E-state index in [-0.39, 0.29) is 18.3 Å². The maximum atomic E-state index is 12.6. The summed E-state index contributed by atoms with van der Waals surface area (Å²) in [6.45, 7) is 2.33. The maximum Gasteiger partial charge on any atom is 0.416 e. The van der Waals surface area contributed by atoms with Crippen LogP contribution in [-0.4, -0.2) is 11.9 Å². The first-order chi connectivity index (χ1) is 11.8. The Bertz CT molecular complexity index is 700. The summed E-state index contributed by atoms with van der Waals surface area (Å²) < 4.78 is 37.8. The van der Waals surface area contributed by atoms with Crippen LogP contribution in [0.5, 0.6) is 0 Å². The average molecular weight is 387 g/mol. The molecule has 0 bridgehead atoms. The van der Waals surface area contributed by atoms with Crippen molar-refractivity contribution in [2.24, 2.45) is 5.73 Å². The highest BCUT2D eigenvalue weighted by Gasteiger charge is 2.29. The molecule has 2 aromatic carbocycles. The summed E-state index contributed by atoms with van der Waals surface area (Å²) in [5, 5.41) is 2.78. The van der Waals surface area contributed by atoms with Gasteiger partial charge in [0.05, 0.1) is 11.6 Å². The minimum Gasteiger partial charge on any atom is -0.351 e. The van der Waals surface area contributed by atoms with Crippen molar-refractivity contribution in [2.45, 2.75) is 38.5 Å². The van der Waals surface area contributed by atoms with Crippen molar-refractivity contribution in [3.8, 4) is 11.1 Å². The average Bonchev–Trinajstić information content (AvgIpc) is 2.59. The van der Waals surface area contributed by atoms with Crippen LogP contribution in [0.2, 0.25) is 0 Å². The minimum atomic E-state index is -4.33. The fourth-order valence-corrected chi connectivity index (χ4v) is 2.43. The SMILES string of the molecule is CCC[C@H](N)C(=O)NCc1ccc(-c2ccc(C(F)(F)F)cc2)cc1.Cl. The number of nitrogens with one attached hydrogen (secondary N) is 1. The van der Waals surface area contributed by atoms with Gasteiger partial charge in [0.15, 0.2) is 0 Å². The number of nitrogens with two attached hydrogens (primary N) is 1. The molecule has 1 amide bonds. The zero-order chi connectivity index (χ0) is 18.4. The first kappa shape index (κ1) is 22.0. The molecule has 0 radical (unpaired) electrons. The van der Waals surface area contributed by atoms with Crippen LogP contribution < -0.4 is 11.1 Å². The van der Waals surface area contributed by atoms with Crippen molar-refractivity contribution in [3.05, 3.63) is 59.7 Å². The highest BCUT2D eigenvalue weighted by molar-refractivity contribution is 5.85. The number of hydrogen-bond acceptors (Lipinski definition) is 2. The van der Waals surface area contributed by atoms with Gasteiger partial charge in [-0.15, -0.1) is 12.4 Å². The molecule has 142 valence electrons. The predicted octanol–water partition coefficient (Wildman–Crippen LogP) is 4.54. The number of alkyl halides is 3. The van der Waals surface area contributed by atoms with Crippen molar-refractivity contribution in [3.63, 3.8) is 0 Å².